The number of anilines is 3. The van der Waals surface area contributed by atoms with Gasteiger partial charge < -0.3 is 4.90 Å². The first kappa shape index (κ1) is 29.2. The molecule has 10 aromatic carbocycles. The Morgan fingerprint density at radius 3 is 1.55 bits per heavy atom. The fraction of sp³-hybridized carbons (Fsp3) is 0. The van der Waals surface area contributed by atoms with Crippen LogP contribution >= 0.6 is 0 Å². The zero-order valence-corrected chi connectivity index (χ0v) is 28.0. The van der Waals surface area contributed by atoms with Crippen LogP contribution in [0.2, 0.25) is 0 Å². The number of benzene rings is 10. The molecule has 0 heterocycles. The molecule has 0 unspecified atom stereocenters. The largest absolute Gasteiger partial charge is 0.310 e. The Bertz CT molecular complexity index is 2900. The molecule has 10 aromatic rings. The highest BCUT2D eigenvalue weighted by molar-refractivity contribution is 6.20. The number of nitrogens with zero attached hydrogens (tertiary/aromatic N) is 1. The number of hydrogen-bond acceptors (Lipinski definition) is 1. The van der Waals surface area contributed by atoms with Gasteiger partial charge >= 0.3 is 0 Å². The molecule has 1 nitrogen and oxygen atoms in total. The van der Waals surface area contributed by atoms with Crippen molar-refractivity contribution in [3.05, 3.63) is 200 Å². The Morgan fingerprint density at radius 1 is 0.235 bits per heavy atom. The standard InChI is InChI=1S/C50H33N/c1-2-9-34(10-3-1)40-13-8-14-44(32-40)51(45-29-25-38-18-17-36-11-4-6-15-46(36)49(38)33-45)43-27-23-35(24-28-43)41-26-30-48-42(31-41)22-21-39-20-19-37-12-5-7-16-47(37)50(39)48/h1-33H. The molecule has 10 rings (SSSR count). The van der Waals surface area contributed by atoms with Crippen LogP contribution in [0, 0.1) is 0 Å². The Kier molecular flexibility index (Phi) is 6.89. The Morgan fingerprint density at radius 2 is 0.745 bits per heavy atom. The molecular weight excluding hydrogens is 615 g/mol. The van der Waals surface area contributed by atoms with Gasteiger partial charge in [-0.05, 0) is 119 Å². The summed E-state index contributed by atoms with van der Waals surface area (Å²) in [6, 6.07) is 73.1. The molecule has 0 spiro atoms. The first-order chi connectivity index (χ1) is 25.3. The third-order valence-electron chi connectivity index (χ3n) is 10.4. The number of hydrogen-bond donors (Lipinski definition) is 0. The van der Waals surface area contributed by atoms with Crippen molar-refractivity contribution in [1.29, 1.82) is 0 Å². The molecule has 0 saturated carbocycles. The van der Waals surface area contributed by atoms with Gasteiger partial charge in [-0.1, -0.05) is 158 Å². The van der Waals surface area contributed by atoms with Crippen molar-refractivity contribution < 1.29 is 0 Å². The molecule has 1 heteroatoms. The van der Waals surface area contributed by atoms with Crippen molar-refractivity contribution in [2.45, 2.75) is 0 Å². The smallest absolute Gasteiger partial charge is 0.0468 e. The summed E-state index contributed by atoms with van der Waals surface area (Å²) < 4.78 is 0. The van der Waals surface area contributed by atoms with Gasteiger partial charge in [0.1, 0.15) is 0 Å². The van der Waals surface area contributed by atoms with E-state index in [1.165, 1.54) is 76.1 Å². The van der Waals surface area contributed by atoms with E-state index >= 15 is 0 Å². The van der Waals surface area contributed by atoms with E-state index in [9.17, 15) is 0 Å². The van der Waals surface area contributed by atoms with Gasteiger partial charge in [-0.15, -0.1) is 0 Å². The van der Waals surface area contributed by atoms with Crippen molar-refractivity contribution in [3.8, 4) is 22.3 Å². The summed E-state index contributed by atoms with van der Waals surface area (Å²) in [6.07, 6.45) is 0. The predicted octanol–water partition coefficient (Wildman–Crippen LogP) is 14.3. The number of rotatable bonds is 5. The normalized spacial score (nSPS) is 11.5. The fourth-order valence-corrected chi connectivity index (χ4v) is 7.85. The lowest BCUT2D eigenvalue weighted by Crippen LogP contribution is -2.10. The molecule has 0 aromatic heterocycles. The van der Waals surface area contributed by atoms with Crippen molar-refractivity contribution in [1.82, 2.24) is 0 Å². The lowest BCUT2D eigenvalue weighted by molar-refractivity contribution is 1.29. The van der Waals surface area contributed by atoms with Crippen LogP contribution in [0.4, 0.5) is 17.1 Å². The van der Waals surface area contributed by atoms with E-state index in [0.717, 1.165) is 17.1 Å². The summed E-state index contributed by atoms with van der Waals surface area (Å²) in [5, 5.41) is 12.7. The van der Waals surface area contributed by atoms with Crippen molar-refractivity contribution in [3.63, 3.8) is 0 Å². The summed E-state index contributed by atoms with van der Waals surface area (Å²) in [6.45, 7) is 0. The minimum absolute atomic E-state index is 1.11. The van der Waals surface area contributed by atoms with Crippen LogP contribution in [0.15, 0.2) is 200 Å². The van der Waals surface area contributed by atoms with E-state index in [0.29, 0.717) is 0 Å². The van der Waals surface area contributed by atoms with Gasteiger partial charge in [-0.2, -0.15) is 0 Å². The minimum atomic E-state index is 1.11. The van der Waals surface area contributed by atoms with Gasteiger partial charge in [0.2, 0.25) is 0 Å². The maximum atomic E-state index is 2.38. The minimum Gasteiger partial charge on any atom is -0.310 e. The van der Waals surface area contributed by atoms with Crippen LogP contribution in [0.25, 0.3) is 76.1 Å². The summed E-state index contributed by atoms with van der Waals surface area (Å²) in [7, 11) is 0. The lowest BCUT2D eigenvalue weighted by Gasteiger charge is -2.27. The zero-order chi connectivity index (χ0) is 33.7. The third-order valence-corrected chi connectivity index (χ3v) is 10.4. The molecule has 0 aliphatic heterocycles. The van der Waals surface area contributed by atoms with E-state index < -0.39 is 0 Å². The Balaban J connectivity index is 1.09. The molecule has 0 bridgehead atoms. The highest BCUT2D eigenvalue weighted by Gasteiger charge is 2.16. The monoisotopic (exact) mass is 647 g/mol. The molecule has 0 amide bonds. The second-order valence-corrected chi connectivity index (χ2v) is 13.4. The molecule has 0 atom stereocenters. The van der Waals surface area contributed by atoms with E-state index in [4.69, 9.17) is 0 Å². The summed E-state index contributed by atoms with van der Waals surface area (Å²) in [5.74, 6) is 0. The van der Waals surface area contributed by atoms with Crippen LogP contribution < -0.4 is 4.90 Å². The molecule has 51 heavy (non-hydrogen) atoms. The van der Waals surface area contributed by atoms with Gasteiger partial charge in [-0.3, -0.25) is 0 Å². The van der Waals surface area contributed by atoms with Crippen LogP contribution in [-0.4, -0.2) is 0 Å². The van der Waals surface area contributed by atoms with Gasteiger partial charge in [0.15, 0.2) is 0 Å². The van der Waals surface area contributed by atoms with Crippen LogP contribution in [0.5, 0.6) is 0 Å². The zero-order valence-electron chi connectivity index (χ0n) is 28.0. The Labute approximate surface area is 297 Å². The van der Waals surface area contributed by atoms with E-state index in [2.05, 4.69) is 205 Å². The van der Waals surface area contributed by atoms with Gasteiger partial charge in [0.25, 0.3) is 0 Å². The van der Waals surface area contributed by atoms with Crippen molar-refractivity contribution in [2.75, 3.05) is 4.90 Å². The third kappa shape index (κ3) is 5.10. The fourth-order valence-electron chi connectivity index (χ4n) is 7.85. The quantitative estimate of drug-likeness (QED) is 0.168. The first-order valence-electron chi connectivity index (χ1n) is 17.6. The Hall–Kier alpha value is -6.70. The summed E-state index contributed by atoms with van der Waals surface area (Å²) in [5.41, 5.74) is 8.16. The second-order valence-electron chi connectivity index (χ2n) is 13.4. The van der Waals surface area contributed by atoms with E-state index in [1.54, 1.807) is 0 Å². The SMILES string of the molecule is c1ccc(-c2cccc(N(c3ccc(-c4ccc5c(ccc6ccc7ccccc7c65)c4)cc3)c3ccc4ccc5ccccc5c4c3)c2)cc1. The van der Waals surface area contributed by atoms with Crippen LogP contribution in [0.3, 0.4) is 0 Å². The second kappa shape index (κ2) is 12.0. The molecule has 0 saturated heterocycles. The predicted molar refractivity (Wildman–Crippen MR) is 220 cm³/mol. The van der Waals surface area contributed by atoms with Crippen LogP contribution in [0.1, 0.15) is 0 Å². The van der Waals surface area contributed by atoms with Gasteiger partial charge in [0.05, 0.1) is 0 Å². The maximum Gasteiger partial charge on any atom is 0.0468 e. The molecule has 0 aliphatic rings. The molecule has 0 N–H and O–H groups in total. The maximum absolute atomic E-state index is 2.38. The lowest BCUT2D eigenvalue weighted by atomic mass is 9.94. The molecule has 238 valence electrons. The number of fused-ring (bicyclic) bond motifs is 8. The highest BCUT2D eigenvalue weighted by Crippen LogP contribution is 2.40. The summed E-state index contributed by atoms with van der Waals surface area (Å²) >= 11 is 0. The average Bonchev–Trinajstić information content (AvgIpc) is 3.21. The molecular formula is C50H33N. The highest BCUT2D eigenvalue weighted by atomic mass is 15.1. The van der Waals surface area contributed by atoms with Gasteiger partial charge in [0, 0.05) is 17.1 Å². The van der Waals surface area contributed by atoms with Crippen LogP contribution in [-0.2, 0) is 0 Å². The van der Waals surface area contributed by atoms with Crippen molar-refractivity contribution >= 4 is 70.9 Å². The average molecular weight is 648 g/mol. The topological polar surface area (TPSA) is 3.24 Å². The first-order valence-corrected chi connectivity index (χ1v) is 17.6. The van der Waals surface area contributed by atoms with Crippen molar-refractivity contribution in [2.24, 2.45) is 0 Å². The van der Waals surface area contributed by atoms with Gasteiger partial charge in [-0.25, -0.2) is 0 Å². The molecule has 0 fully saturated rings. The molecule has 0 aliphatic carbocycles. The summed E-state index contributed by atoms with van der Waals surface area (Å²) in [4.78, 5) is 2.38. The van der Waals surface area contributed by atoms with E-state index in [-0.39, 0.29) is 0 Å². The molecule has 0 radical (unpaired) electrons. The van der Waals surface area contributed by atoms with E-state index in [1.807, 2.05) is 0 Å².